The summed E-state index contributed by atoms with van der Waals surface area (Å²) in [6.45, 7) is 2.84. The van der Waals surface area contributed by atoms with Crippen molar-refractivity contribution in [1.82, 2.24) is 10.2 Å². The minimum absolute atomic E-state index is 0.114. The molecule has 36 heavy (non-hydrogen) atoms. The van der Waals surface area contributed by atoms with E-state index in [0.29, 0.717) is 13.1 Å². The minimum Gasteiger partial charge on any atom is -0.468 e. The summed E-state index contributed by atoms with van der Waals surface area (Å²) in [7, 11) is 1.46. The first-order valence-corrected chi connectivity index (χ1v) is 12.6. The van der Waals surface area contributed by atoms with Crippen LogP contribution < -0.4 is 10.2 Å². The van der Waals surface area contributed by atoms with Gasteiger partial charge < -0.3 is 19.9 Å². The number of carbonyl (C=O) groups excluding carboxylic acids is 2. The van der Waals surface area contributed by atoms with E-state index in [1.165, 1.54) is 7.11 Å². The highest BCUT2D eigenvalue weighted by atomic mass is 16.5. The van der Waals surface area contributed by atoms with Gasteiger partial charge in [0.05, 0.1) is 13.8 Å². The van der Waals surface area contributed by atoms with E-state index in [1.807, 2.05) is 78.9 Å². The fourth-order valence-corrected chi connectivity index (χ4v) is 5.92. The van der Waals surface area contributed by atoms with Crippen LogP contribution in [0.4, 0.5) is 5.69 Å². The summed E-state index contributed by atoms with van der Waals surface area (Å²) in [4.78, 5) is 31.1. The molecule has 1 spiro atoms. The Kier molecular flexibility index (Phi) is 6.79. The van der Waals surface area contributed by atoms with Gasteiger partial charge in [-0.3, -0.25) is 9.59 Å². The molecule has 3 aromatic carbocycles. The van der Waals surface area contributed by atoms with Gasteiger partial charge in [-0.2, -0.15) is 0 Å². The van der Waals surface area contributed by atoms with Crippen molar-refractivity contribution in [3.05, 3.63) is 102 Å². The van der Waals surface area contributed by atoms with Gasteiger partial charge in [0.15, 0.2) is 0 Å². The van der Waals surface area contributed by atoms with Crippen LogP contribution in [0, 0.1) is 0 Å². The molecule has 0 atom stereocenters. The highest BCUT2D eigenvalue weighted by molar-refractivity contribution is 5.93. The van der Waals surface area contributed by atoms with Crippen LogP contribution in [0.15, 0.2) is 91.0 Å². The molecular weight excluding hydrogens is 450 g/mol. The highest BCUT2D eigenvalue weighted by Gasteiger charge is 2.51. The van der Waals surface area contributed by atoms with Crippen molar-refractivity contribution < 1.29 is 14.3 Å². The van der Waals surface area contributed by atoms with E-state index >= 15 is 0 Å². The second kappa shape index (κ2) is 10.2. The molecule has 1 N–H and O–H groups in total. The maximum atomic E-state index is 13.5. The number of amides is 1. The van der Waals surface area contributed by atoms with E-state index in [4.69, 9.17) is 4.74 Å². The van der Waals surface area contributed by atoms with Gasteiger partial charge in [-0.15, -0.1) is 0 Å². The van der Waals surface area contributed by atoms with Crippen molar-refractivity contribution in [2.45, 2.75) is 30.2 Å². The number of hydrogen-bond acceptors (Lipinski definition) is 5. The number of nitrogens with zero attached hydrogens (tertiary/aromatic N) is 2. The van der Waals surface area contributed by atoms with E-state index in [9.17, 15) is 9.59 Å². The molecule has 6 heteroatoms. The van der Waals surface area contributed by atoms with Crippen LogP contribution in [0.1, 0.15) is 30.4 Å². The molecule has 0 saturated carbocycles. The quantitative estimate of drug-likeness (QED) is 0.516. The Morgan fingerprint density at radius 1 is 0.889 bits per heavy atom. The fourth-order valence-electron chi connectivity index (χ4n) is 5.92. The Bertz CT molecular complexity index is 1140. The number of rotatable bonds is 7. The summed E-state index contributed by atoms with van der Waals surface area (Å²) >= 11 is 0. The number of esters is 1. The van der Waals surface area contributed by atoms with Crippen LogP contribution in [0.2, 0.25) is 0 Å². The molecule has 5 rings (SSSR count). The third-order valence-electron chi connectivity index (χ3n) is 7.96. The van der Waals surface area contributed by atoms with Crippen molar-refractivity contribution in [1.29, 1.82) is 0 Å². The Labute approximate surface area is 212 Å². The fraction of sp³-hybridized carbons (Fsp3) is 0.333. The molecule has 6 nitrogen and oxygen atoms in total. The summed E-state index contributed by atoms with van der Waals surface area (Å²) < 4.78 is 5.40. The van der Waals surface area contributed by atoms with Crippen LogP contribution in [0.3, 0.4) is 0 Å². The lowest BCUT2D eigenvalue weighted by Crippen LogP contribution is -2.56. The summed E-state index contributed by atoms with van der Waals surface area (Å²) in [5.41, 5.74) is 1.52. The van der Waals surface area contributed by atoms with Crippen LogP contribution in [-0.2, 0) is 19.7 Å². The zero-order chi connectivity index (χ0) is 25.0. The van der Waals surface area contributed by atoms with Gasteiger partial charge in [-0.05, 0) is 49.1 Å². The first-order valence-electron chi connectivity index (χ1n) is 12.6. The zero-order valence-electron chi connectivity index (χ0n) is 20.7. The smallest absolute Gasteiger partial charge is 0.320 e. The van der Waals surface area contributed by atoms with E-state index in [0.717, 1.165) is 49.3 Å². The van der Waals surface area contributed by atoms with Crippen LogP contribution in [0.25, 0.3) is 0 Å². The lowest BCUT2D eigenvalue weighted by molar-refractivity contribution is -0.146. The monoisotopic (exact) mass is 483 g/mol. The normalized spacial score (nSPS) is 17.7. The summed E-state index contributed by atoms with van der Waals surface area (Å²) in [6.07, 6.45) is 2.08. The van der Waals surface area contributed by atoms with Gasteiger partial charge in [-0.25, -0.2) is 0 Å². The maximum Gasteiger partial charge on any atom is 0.320 e. The number of nitrogens with one attached hydrogen (secondary N) is 1. The van der Waals surface area contributed by atoms with Crippen molar-refractivity contribution >= 4 is 17.6 Å². The molecule has 0 aromatic heterocycles. The van der Waals surface area contributed by atoms with Crippen molar-refractivity contribution in [2.24, 2.45) is 0 Å². The zero-order valence-corrected chi connectivity index (χ0v) is 20.7. The molecule has 2 saturated heterocycles. The minimum atomic E-state index is -0.896. The topological polar surface area (TPSA) is 61.9 Å². The first-order chi connectivity index (χ1) is 17.6. The second-order valence-electron chi connectivity index (χ2n) is 9.68. The molecular formula is C30H33N3O3. The number of piperidine rings is 1. The van der Waals surface area contributed by atoms with Crippen LogP contribution in [-0.4, -0.2) is 55.7 Å². The molecule has 0 radical (unpaired) electrons. The average Bonchev–Trinajstić information content (AvgIpc) is 3.26. The largest absolute Gasteiger partial charge is 0.468 e. The molecule has 2 fully saturated rings. The summed E-state index contributed by atoms with van der Waals surface area (Å²) in [5.74, 6) is -0.137. The van der Waals surface area contributed by atoms with Crippen molar-refractivity contribution in [3.8, 4) is 0 Å². The molecule has 2 aliphatic heterocycles. The molecule has 3 aromatic rings. The van der Waals surface area contributed by atoms with Gasteiger partial charge in [0.1, 0.15) is 11.0 Å². The molecule has 186 valence electrons. The average molecular weight is 484 g/mol. The lowest BCUT2D eigenvalue weighted by Gasteiger charge is -2.44. The molecule has 2 heterocycles. The Balaban J connectivity index is 1.37. The van der Waals surface area contributed by atoms with Gasteiger partial charge in [0, 0.05) is 18.8 Å². The third kappa shape index (κ3) is 4.16. The van der Waals surface area contributed by atoms with E-state index in [-0.39, 0.29) is 11.9 Å². The molecule has 0 bridgehead atoms. The van der Waals surface area contributed by atoms with Crippen LogP contribution in [0.5, 0.6) is 0 Å². The van der Waals surface area contributed by atoms with E-state index in [1.54, 1.807) is 0 Å². The number of ether oxygens (including phenoxy) is 1. The van der Waals surface area contributed by atoms with Gasteiger partial charge in [0.2, 0.25) is 5.91 Å². The molecule has 2 aliphatic rings. The number of methoxy groups -OCH3 is 1. The number of likely N-dealkylation sites (tertiary alicyclic amines) is 1. The lowest BCUT2D eigenvalue weighted by atomic mass is 9.71. The predicted molar refractivity (Wildman–Crippen MR) is 141 cm³/mol. The van der Waals surface area contributed by atoms with Gasteiger partial charge in [-0.1, -0.05) is 78.9 Å². The van der Waals surface area contributed by atoms with Gasteiger partial charge in [0.25, 0.3) is 0 Å². The Hall–Kier alpha value is -3.64. The Morgan fingerprint density at radius 2 is 1.42 bits per heavy atom. The number of anilines is 1. The third-order valence-corrected chi connectivity index (χ3v) is 7.96. The maximum absolute atomic E-state index is 13.5. The van der Waals surface area contributed by atoms with E-state index in [2.05, 4.69) is 27.2 Å². The molecule has 0 unspecified atom stereocenters. The first kappa shape index (κ1) is 24.1. The SMILES string of the molecule is COC(=O)C(CCN1CCC2(CC1)C(=O)NCN2c1ccccc1)(c1ccccc1)c1ccccc1. The van der Waals surface area contributed by atoms with Crippen molar-refractivity contribution in [2.75, 3.05) is 38.3 Å². The number of hydrogen-bond donors (Lipinski definition) is 1. The predicted octanol–water partition coefficient (Wildman–Crippen LogP) is 3.96. The summed E-state index contributed by atoms with van der Waals surface area (Å²) in [6, 6.07) is 30.0. The number of benzene rings is 3. The number of para-hydroxylation sites is 1. The second-order valence-corrected chi connectivity index (χ2v) is 9.68. The standard InChI is InChI=1S/C30H33N3O3/c1-36-28(35)30(24-11-5-2-6-12-24,25-13-7-3-8-14-25)19-22-32-20-17-29(18-21-32)27(34)31-23-33(29)26-15-9-4-10-16-26/h2-16H,17-23H2,1H3,(H,31,34). The summed E-state index contributed by atoms with van der Waals surface area (Å²) in [5, 5.41) is 3.07. The highest BCUT2D eigenvalue weighted by Crippen LogP contribution is 2.39. The number of carbonyl (C=O) groups is 2. The van der Waals surface area contributed by atoms with Gasteiger partial charge >= 0.3 is 5.97 Å². The molecule has 0 aliphatic carbocycles. The van der Waals surface area contributed by atoms with Crippen molar-refractivity contribution in [3.63, 3.8) is 0 Å². The Morgan fingerprint density at radius 3 is 1.94 bits per heavy atom. The van der Waals surface area contributed by atoms with E-state index < -0.39 is 11.0 Å². The molecule has 1 amide bonds. The van der Waals surface area contributed by atoms with Crippen LogP contribution >= 0.6 is 0 Å².